The standard InChI is InChI=1S/C20H20BrN3O2/c21-15-5-4-8-17(13-15)24-19(25)14-18(20(24)26)23-11-9-22(10-12-23)16-6-2-1-3-7-16/h1-8,13,18H,9-12,14H2/t18-/m1/s1. The lowest BCUT2D eigenvalue weighted by molar-refractivity contribution is -0.123. The number of imide groups is 1. The van der Waals surface area contributed by atoms with Gasteiger partial charge in [0.15, 0.2) is 0 Å². The van der Waals surface area contributed by atoms with Gasteiger partial charge in [-0.1, -0.05) is 40.2 Å². The minimum atomic E-state index is -0.348. The quantitative estimate of drug-likeness (QED) is 0.725. The summed E-state index contributed by atoms with van der Waals surface area (Å²) < 4.78 is 0.857. The fourth-order valence-corrected chi connectivity index (χ4v) is 4.11. The van der Waals surface area contributed by atoms with Crippen molar-refractivity contribution in [2.24, 2.45) is 0 Å². The summed E-state index contributed by atoms with van der Waals surface area (Å²) in [4.78, 5) is 31.2. The fraction of sp³-hybridized carbons (Fsp3) is 0.300. The number of amides is 2. The van der Waals surface area contributed by atoms with Crippen molar-refractivity contribution in [2.45, 2.75) is 12.5 Å². The average molecular weight is 414 g/mol. The summed E-state index contributed by atoms with van der Waals surface area (Å²) in [5, 5.41) is 0. The van der Waals surface area contributed by atoms with Crippen molar-refractivity contribution in [3.8, 4) is 0 Å². The van der Waals surface area contributed by atoms with Gasteiger partial charge in [-0.15, -0.1) is 0 Å². The van der Waals surface area contributed by atoms with Crippen LogP contribution in [0.15, 0.2) is 59.1 Å². The molecular formula is C20H20BrN3O2. The maximum Gasteiger partial charge on any atom is 0.251 e. The topological polar surface area (TPSA) is 43.9 Å². The maximum absolute atomic E-state index is 12.9. The zero-order chi connectivity index (χ0) is 18.1. The molecule has 0 radical (unpaired) electrons. The smallest absolute Gasteiger partial charge is 0.251 e. The van der Waals surface area contributed by atoms with E-state index in [1.165, 1.54) is 10.6 Å². The van der Waals surface area contributed by atoms with Gasteiger partial charge in [0.05, 0.1) is 18.2 Å². The van der Waals surface area contributed by atoms with E-state index in [-0.39, 0.29) is 24.3 Å². The third-order valence-electron chi connectivity index (χ3n) is 5.07. The van der Waals surface area contributed by atoms with Gasteiger partial charge in [0.2, 0.25) is 5.91 Å². The summed E-state index contributed by atoms with van der Waals surface area (Å²) in [6.45, 7) is 3.29. The summed E-state index contributed by atoms with van der Waals surface area (Å²) in [7, 11) is 0. The van der Waals surface area contributed by atoms with Crippen LogP contribution in [0, 0.1) is 0 Å². The van der Waals surface area contributed by atoms with E-state index in [0.717, 1.165) is 30.7 Å². The third kappa shape index (κ3) is 3.27. The van der Waals surface area contributed by atoms with Crippen molar-refractivity contribution in [1.82, 2.24) is 4.90 Å². The Hall–Kier alpha value is -2.18. The number of carbonyl (C=O) groups is 2. The second-order valence-electron chi connectivity index (χ2n) is 6.63. The van der Waals surface area contributed by atoms with Crippen LogP contribution in [0.1, 0.15) is 6.42 Å². The van der Waals surface area contributed by atoms with Crippen molar-refractivity contribution >= 4 is 39.1 Å². The van der Waals surface area contributed by atoms with E-state index in [1.807, 2.05) is 36.4 Å². The Morgan fingerprint density at radius 2 is 1.54 bits per heavy atom. The first kappa shape index (κ1) is 17.2. The number of benzene rings is 2. The number of para-hydroxylation sites is 1. The summed E-state index contributed by atoms with van der Waals surface area (Å²) in [6, 6.07) is 17.3. The Morgan fingerprint density at radius 3 is 2.23 bits per heavy atom. The van der Waals surface area contributed by atoms with E-state index in [0.29, 0.717) is 5.69 Å². The van der Waals surface area contributed by atoms with Crippen molar-refractivity contribution in [3.63, 3.8) is 0 Å². The van der Waals surface area contributed by atoms with Crippen molar-refractivity contribution in [3.05, 3.63) is 59.1 Å². The molecule has 2 aliphatic rings. The highest BCUT2D eigenvalue weighted by molar-refractivity contribution is 9.10. The Morgan fingerprint density at radius 1 is 0.846 bits per heavy atom. The lowest BCUT2D eigenvalue weighted by Gasteiger charge is -2.38. The second-order valence-corrected chi connectivity index (χ2v) is 7.54. The SMILES string of the molecule is O=C1C[C@@H](N2CCN(c3ccccc3)CC2)C(=O)N1c1cccc(Br)c1. The number of nitrogens with zero attached hydrogens (tertiary/aromatic N) is 3. The first-order chi connectivity index (χ1) is 12.6. The lowest BCUT2D eigenvalue weighted by Crippen LogP contribution is -2.52. The second kappa shape index (κ2) is 7.21. The Bertz CT molecular complexity index is 819. The number of piperazine rings is 1. The maximum atomic E-state index is 12.9. The Balaban J connectivity index is 1.45. The largest absolute Gasteiger partial charge is 0.369 e. The van der Waals surface area contributed by atoms with E-state index in [2.05, 4.69) is 37.9 Å². The van der Waals surface area contributed by atoms with Crippen LogP contribution in [-0.4, -0.2) is 48.9 Å². The Kier molecular flexibility index (Phi) is 4.78. The summed E-state index contributed by atoms with van der Waals surface area (Å²) in [5.74, 6) is -0.232. The monoisotopic (exact) mass is 413 g/mol. The number of hydrogen-bond donors (Lipinski definition) is 0. The minimum absolute atomic E-state index is 0.110. The highest BCUT2D eigenvalue weighted by Gasteiger charge is 2.43. The van der Waals surface area contributed by atoms with E-state index < -0.39 is 0 Å². The molecule has 0 aliphatic carbocycles. The van der Waals surface area contributed by atoms with Gasteiger partial charge in [-0.3, -0.25) is 14.5 Å². The number of rotatable bonds is 3. The normalized spacial score (nSPS) is 21.5. The number of anilines is 2. The molecule has 0 N–H and O–H groups in total. The van der Waals surface area contributed by atoms with E-state index in [4.69, 9.17) is 0 Å². The highest BCUT2D eigenvalue weighted by Crippen LogP contribution is 2.28. The highest BCUT2D eigenvalue weighted by atomic mass is 79.9. The van der Waals surface area contributed by atoms with Crippen LogP contribution in [0.5, 0.6) is 0 Å². The number of halogens is 1. The Labute approximate surface area is 161 Å². The van der Waals surface area contributed by atoms with Gasteiger partial charge < -0.3 is 4.90 Å². The van der Waals surface area contributed by atoms with Crippen molar-refractivity contribution in [1.29, 1.82) is 0 Å². The van der Waals surface area contributed by atoms with Gasteiger partial charge in [-0.05, 0) is 30.3 Å². The van der Waals surface area contributed by atoms with Crippen molar-refractivity contribution in [2.75, 3.05) is 36.0 Å². The summed E-state index contributed by atoms with van der Waals surface area (Å²) in [6.07, 6.45) is 0.261. The average Bonchev–Trinajstić information content (AvgIpc) is 2.97. The number of carbonyl (C=O) groups excluding carboxylic acids is 2. The predicted octanol–water partition coefficient (Wildman–Crippen LogP) is 2.90. The summed E-state index contributed by atoms with van der Waals surface area (Å²) in [5.41, 5.74) is 1.84. The van der Waals surface area contributed by atoms with Crippen LogP contribution >= 0.6 is 15.9 Å². The molecule has 26 heavy (non-hydrogen) atoms. The van der Waals surface area contributed by atoms with Gasteiger partial charge >= 0.3 is 0 Å². The van der Waals surface area contributed by atoms with E-state index in [9.17, 15) is 9.59 Å². The van der Waals surface area contributed by atoms with Gasteiger partial charge in [-0.25, -0.2) is 4.90 Å². The molecule has 0 spiro atoms. The van der Waals surface area contributed by atoms with Crippen molar-refractivity contribution < 1.29 is 9.59 Å². The van der Waals surface area contributed by atoms with Crippen LogP contribution in [0.3, 0.4) is 0 Å². The molecule has 0 saturated carbocycles. The molecular weight excluding hydrogens is 394 g/mol. The first-order valence-electron chi connectivity index (χ1n) is 8.80. The zero-order valence-electron chi connectivity index (χ0n) is 14.3. The molecule has 2 aromatic rings. The van der Waals surface area contributed by atoms with Crippen LogP contribution < -0.4 is 9.80 Å². The predicted molar refractivity (Wildman–Crippen MR) is 105 cm³/mol. The van der Waals surface area contributed by atoms with E-state index in [1.54, 1.807) is 6.07 Å². The molecule has 6 heteroatoms. The number of hydrogen-bond acceptors (Lipinski definition) is 4. The zero-order valence-corrected chi connectivity index (χ0v) is 15.9. The fourth-order valence-electron chi connectivity index (χ4n) is 3.72. The lowest BCUT2D eigenvalue weighted by atomic mass is 10.1. The van der Waals surface area contributed by atoms with Crippen LogP contribution in [0.25, 0.3) is 0 Å². The van der Waals surface area contributed by atoms with Crippen LogP contribution in [-0.2, 0) is 9.59 Å². The molecule has 134 valence electrons. The van der Waals surface area contributed by atoms with Crippen LogP contribution in [0.2, 0.25) is 0 Å². The van der Waals surface area contributed by atoms with Gasteiger partial charge in [0.25, 0.3) is 5.91 Å². The van der Waals surface area contributed by atoms with E-state index >= 15 is 0 Å². The molecule has 5 nitrogen and oxygen atoms in total. The molecule has 2 heterocycles. The van der Waals surface area contributed by atoms with Gasteiger partial charge in [0.1, 0.15) is 0 Å². The molecule has 1 atom stereocenters. The third-order valence-corrected chi connectivity index (χ3v) is 5.56. The molecule has 2 aliphatic heterocycles. The minimum Gasteiger partial charge on any atom is -0.369 e. The summed E-state index contributed by atoms with van der Waals surface area (Å²) >= 11 is 3.40. The van der Waals surface area contributed by atoms with Gasteiger partial charge in [-0.2, -0.15) is 0 Å². The van der Waals surface area contributed by atoms with Gasteiger partial charge in [0, 0.05) is 36.3 Å². The molecule has 2 fully saturated rings. The molecule has 0 aromatic heterocycles. The molecule has 2 saturated heterocycles. The molecule has 0 bridgehead atoms. The first-order valence-corrected chi connectivity index (χ1v) is 9.59. The molecule has 2 aromatic carbocycles. The molecule has 4 rings (SSSR count). The van der Waals surface area contributed by atoms with Crippen LogP contribution in [0.4, 0.5) is 11.4 Å². The molecule has 2 amide bonds. The molecule has 0 unspecified atom stereocenters.